The average molecular weight is 234 g/mol. The molecule has 2 aliphatic rings. The molecular formula is C12H18N4O. The topological polar surface area (TPSA) is 64.3 Å². The smallest absolute Gasteiger partial charge is 0.161 e. The summed E-state index contributed by atoms with van der Waals surface area (Å²) in [5.41, 5.74) is 8.27. The van der Waals surface area contributed by atoms with E-state index in [1.807, 2.05) is 0 Å². The molecule has 3 rings (SSSR count). The number of aromatic nitrogens is 2. The standard InChI is InChI=1S/C12H18N4O/c1-16-5-6-17-10(7-16)12-14-9-4-2-3-8(9)11(13)15-12/h10H,2-7H2,1H3,(H2,13,14,15). The maximum Gasteiger partial charge on any atom is 0.161 e. The van der Waals surface area contributed by atoms with Crippen LogP contribution in [0.5, 0.6) is 0 Å². The first kappa shape index (κ1) is 10.9. The van der Waals surface area contributed by atoms with Crippen LogP contribution in [0.2, 0.25) is 0 Å². The lowest BCUT2D eigenvalue weighted by Crippen LogP contribution is -2.36. The molecule has 1 aromatic rings. The summed E-state index contributed by atoms with van der Waals surface area (Å²) in [5.74, 6) is 1.41. The fraction of sp³-hybridized carbons (Fsp3) is 0.667. The molecule has 1 unspecified atom stereocenters. The number of nitrogens with zero attached hydrogens (tertiary/aromatic N) is 3. The Morgan fingerprint density at radius 3 is 3.06 bits per heavy atom. The molecule has 2 N–H and O–H groups in total. The zero-order valence-corrected chi connectivity index (χ0v) is 10.1. The third kappa shape index (κ3) is 2.00. The number of nitrogens with two attached hydrogens (primary N) is 1. The van der Waals surface area contributed by atoms with Gasteiger partial charge in [0, 0.05) is 24.3 Å². The summed E-state index contributed by atoms with van der Waals surface area (Å²) >= 11 is 0. The second-order valence-electron chi connectivity index (χ2n) is 4.87. The van der Waals surface area contributed by atoms with Crippen molar-refractivity contribution in [3.05, 3.63) is 17.1 Å². The summed E-state index contributed by atoms with van der Waals surface area (Å²) in [6.07, 6.45) is 3.16. The van der Waals surface area contributed by atoms with Gasteiger partial charge in [0.2, 0.25) is 0 Å². The number of morpholine rings is 1. The van der Waals surface area contributed by atoms with E-state index in [0.29, 0.717) is 5.82 Å². The first-order valence-electron chi connectivity index (χ1n) is 6.19. The van der Waals surface area contributed by atoms with Crippen LogP contribution in [0.15, 0.2) is 0 Å². The monoisotopic (exact) mass is 234 g/mol. The van der Waals surface area contributed by atoms with Gasteiger partial charge in [-0.25, -0.2) is 9.97 Å². The van der Waals surface area contributed by atoms with Crippen LogP contribution < -0.4 is 5.73 Å². The molecule has 5 heteroatoms. The Morgan fingerprint density at radius 2 is 2.24 bits per heavy atom. The highest BCUT2D eigenvalue weighted by atomic mass is 16.5. The average Bonchev–Trinajstić information content (AvgIpc) is 2.77. The Morgan fingerprint density at radius 1 is 1.35 bits per heavy atom. The third-order valence-electron chi connectivity index (χ3n) is 3.54. The van der Waals surface area contributed by atoms with E-state index in [0.717, 1.165) is 56.0 Å². The minimum atomic E-state index is -0.0260. The molecule has 0 bridgehead atoms. The maximum atomic E-state index is 5.99. The number of likely N-dealkylation sites (N-methyl/N-ethyl adjacent to an activating group) is 1. The SMILES string of the molecule is CN1CCOC(c2nc(N)c3c(n2)CCC3)C1. The third-order valence-corrected chi connectivity index (χ3v) is 3.54. The van der Waals surface area contributed by atoms with Gasteiger partial charge in [0.15, 0.2) is 5.82 Å². The number of hydrogen-bond donors (Lipinski definition) is 1. The maximum absolute atomic E-state index is 5.99. The van der Waals surface area contributed by atoms with E-state index in [9.17, 15) is 0 Å². The van der Waals surface area contributed by atoms with E-state index < -0.39 is 0 Å². The number of rotatable bonds is 1. The second-order valence-corrected chi connectivity index (χ2v) is 4.87. The van der Waals surface area contributed by atoms with Crippen molar-refractivity contribution in [1.29, 1.82) is 0 Å². The highest BCUT2D eigenvalue weighted by Gasteiger charge is 2.25. The lowest BCUT2D eigenvalue weighted by molar-refractivity contribution is -0.0255. The van der Waals surface area contributed by atoms with E-state index in [2.05, 4.69) is 21.9 Å². The molecule has 0 amide bonds. The number of aryl methyl sites for hydroxylation is 1. The molecule has 1 fully saturated rings. The number of nitrogen functional groups attached to an aromatic ring is 1. The van der Waals surface area contributed by atoms with Gasteiger partial charge in [0.25, 0.3) is 0 Å². The quantitative estimate of drug-likeness (QED) is 0.768. The van der Waals surface area contributed by atoms with Crippen molar-refractivity contribution in [1.82, 2.24) is 14.9 Å². The van der Waals surface area contributed by atoms with Crippen molar-refractivity contribution in [2.75, 3.05) is 32.5 Å². The fourth-order valence-electron chi connectivity index (χ4n) is 2.56. The number of fused-ring (bicyclic) bond motifs is 1. The largest absolute Gasteiger partial charge is 0.383 e. The van der Waals surface area contributed by atoms with Gasteiger partial charge < -0.3 is 15.4 Å². The summed E-state index contributed by atoms with van der Waals surface area (Å²) in [5, 5.41) is 0. The number of anilines is 1. The van der Waals surface area contributed by atoms with Crippen molar-refractivity contribution >= 4 is 5.82 Å². The van der Waals surface area contributed by atoms with E-state index in [1.54, 1.807) is 0 Å². The van der Waals surface area contributed by atoms with Crippen LogP contribution in [0, 0.1) is 0 Å². The number of ether oxygens (including phenoxy) is 1. The molecule has 1 saturated heterocycles. The normalized spacial score (nSPS) is 24.9. The van der Waals surface area contributed by atoms with Crippen LogP contribution in [-0.2, 0) is 17.6 Å². The highest BCUT2D eigenvalue weighted by molar-refractivity contribution is 5.44. The zero-order valence-electron chi connectivity index (χ0n) is 10.1. The van der Waals surface area contributed by atoms with Gasteiger partial charge in [-0.2, -0.15) is 0 Å². The molecule has 0 aromatic carbocycles. The Kier molecular flexibility index (Phi) is 2.72. The van der Waals surface area contributed by atoms with Crippen LogP contribution in [0.1, 0.15) is 29.6 Å². The van der Waals surface area contributed by atoms with E-state index >= 15 is 0 Å². The zero-order chi connectivity index (χ0) is 11.8. The Balaban J connectivity index is 1.90. The van der Waals surface area contributed by atoms with Crippen molar-refractivity contribution in [3.63, 3.8) is 0 Å². The van der Waals surface area contributed by atoms with Crippen molar-refractivity contribution in [2.24, 2.45) is 0 Å². The van der Waals surface area contributed by atoms with Gasteiger partial charge in [-0.05, 0) is 26.3 Å². The van der Waals surface area contributed by atoms with Gasteiger partial charge in [0.1, 0.15) is 11.9 Å². The molecule has 1 aliphatic carbocycles. The summed E-state index contributed by atoms with van der Waals surface area (Å²) in [6, 6.07) is 0. The molecule has 1 aromatic heterocycles. The fourth-order valence-corrected chi connectivity index (χ4v) is 2.56. The van der Waals surface area contributed by atoms with Gasteiger partial charge in [-0.3, -0.25) is 0 Å². The van der Waals surface area contributed by atoms with Crippen molar-refractivity contribution in [3.8, 4) is 0 Å². The molecule has 0 radical (unpaired) electrons. The predicted molar refractivity (Wildman–Crippen MR) is 64.7 cm³/mol. The van der Waals surface area contributed by atoms with E-state index in [-0.39, 0.29) is 6.10 Å². The molecule has 0 spiro atoms. The van der Waals surface area contributed by atoms with Crippen LogP contribution in [-0.4, -0.2) is 41.6 Å². The summed E-state index contributed by atoms with van der Waals surface area (Å²) in [4.78, 5) is 11.3. The number of hydrogen-bond acceptors (Lipinski definition) is 5. The van der Waals surface area contributed by atoms with Crippen LogP contribution in [0.4, 0.5) is 5.82 Å². The molecule has 5 nitrogen and oxygen atoms in total. The lowest BCUT2D eigenvalue weighted by atomic mass is 10.2. The summed E-state index contributed by atoms with van der Waals surface area (Å²) in [6.45, 7) is 2.55. The molecule has 1 aliphatic heterocycles. The summed E-state index contributed by atoms with van der Waals surface area (Å²) < 4.78 is 5.73. The molecule has 92 valence electrons. The van der Waals surface area contributed by atoms with Gasteiger partial charge in [-0.1, -0.05) is 0 Å². The first-order chi connectivity index (χ1) is 8.24. The van der Waals surface area contributed by atoms with Crippen LogP contribution >= 0.6 is 0 Å². The minimum absolute atomic E-state index is 0.0260. The Labute approximate surface area is 101 Å². The van der Waals surface area contributed by atoms with Crippen LogP contribution in [0.3, 0.4) is 0 Å². The minimum Gasteiger partial charge on any atom is -0.383 e. The van der Waals surface area contributed by atoms with E-state index in [4.69, 9.17) is 10.5 Å². The van der Waals surface area contributed by atoms with Gasteiger partial charge >= 0.3 is 0 Å². The van der Waals surface area contributed by atoms with Gasteiger partial charge in [-0.15, -0.1) is 0 Å². The lowest BCUT2D eigenvalue weighted by Gasteiger charge is -2.29. The Hall–Kier alpha value is -1.20. The predicted octanol–water partition coefficient (Wildman–Crippen LogP) is 0.551. The molecule has 17 heavy (non-hydrogen) atoms. The van der Waals surface area contributed by atoms with Gasteiger partial charge in [0.05, 0.1) is 6.61 Å². The Bertz CT molecular complexity index is 435. The summed E-state index contributed by atoms with van der Waals surface area (Å²) in [7, 11) is 2.09. The van der Waals surface area contributed by atoms with E-state index in [1.165, 1.54) is 0 Å². The first-order valence-corrected chi connectivity index (χ1v) is 6.19. The molecule has 1 atom stereocenters. The van der Waals surface area contributed by atoms with Crippen LogP contribution in [0.25, 0.3) is 0 Å². The van der Waals surface area contributed by atoms with Crippen molar-refractivity contribution < 1.29 is 4.74 Å². The molecular weight excluding hydrogens is 216 g/mol. The molecule has 0 saturated carbocycles. The second kappa shape index (κ2) is 4.23. The highest BCUT2D eigenvalue weighted by Crippen LogP contribution is 2.27. The molecule has 2 heterocycles. The van der Waals surface area contributed by atoms with Crippen molar-refractivity contribution in [2.45, 2.75) is 25.4 Å².